The van der Waals surface area contributed by atoms with Gasteiger partial charge in [0.2, 0.25) is 0 Å². The molecule has 6 fully saturated rings. The molecule has 5 aliphatic carbocycles. The van der Waals surface area contributed by atoms with Crippen LogP contribution in [0.2, 0.25) is 0 Å². The van der Waals surface area contributed by atoms with Gasteiger partial charge >= 0.3 is 11.9 Å². The molecule has 236 valence electrons. The van der Waals surface area contributed by atoms with Gasteiger partial charge in [-0.2, -0.15) is 0 Å². The van der Waals surface area contributed by atoms with Gasteiger partial charge in [-0.05, 0) is 99.2 Å². The Hall–Kier alpha value is -1.22. The highest BCUT2D eigenvalue weighted by molar-refractivity contribution is 5.71. The average Bonchev–Trinajstić information content (AvgIpc) is 3.52. The van der Waals surface area contributed by atoms with Gasteiger partial charge in [-0.25, -0.2) is 0 Å². The third-order valence-electron chi connectivity index (χ3n) is 14.0. The van der Waals surface area contributed by atoms with E-state index in [0.29, 0.717) is 30.5 Å². The Labute approximate surface area is 251 Å². The molecule has 6 aliphatic rings. The van der Waals surface area contributed by atoms with Crippen molar-refractivity contribution in [3.63, 3.8) is 0 Å². The van der Waals surface area contributed by atoms with Crippen LogP contribution in [0.3, 0.4) is 0 Å². The molecule has 0 aromatic heterocycles. The van der Waals surface area contributed by atoms with Crippen molar-refractivity contribution >= 4 is 11.9 Å². The smallest absolute Gasteiger partial charge is 0.319 e. The maximum Gasteiger partial charge on any atom is 0.319 e. The molecule has 4 N–H and O–H groups in total. The number of aliphatic hydroxyl groups excluding tert-OH is 1. The monoisotopic (exact) mass is 587 g/mol. The fourth-order valence-corrected chi connectivity index (χ4v) is 12.2. The van der Waals surface area contributed by atoms with Crippen LogP contribution < -0.4 is 5.73 Å². The lowest BCUT2D eigenvalue weighted by molar-refractivity contribution is -0.191. The van der Waals surface area contributed by atoms with Crippen LogP contribution in [0.4, 0.5) is 0 Å². The summed E-state index contributed by atoms with van der Waals surface area (Å²) < 4.78 is 18.1. The van der Waals surface area contributed by atoms with E-state index < -0.39 is 23.8 Å². The van der Waals surface area contributed by atoms with Gasteiger partial charge in [0.15, 0.2) is 6.10 Å². The number of carbonyl (C=O) groups excluding carboxylic acids is 2. The maximum absolute atomic E-state index is 12.4. The summed E-state index contributed by atoms with van der Waals surface area (Å²) in [4.78, 5) is 24.2. The minimum absolute atomic E-state index is 0.0830. The van der Waals surface area contributed by atoms with Crippen molar-refractivity contribution in [1.29, 1.82) is 0 Å². The number of hydrogen-bond donors (Lipinski definition) is 3. The third-order valence-corrected chi connectivity index (χ3v) is 14.0. The SMILES string of the molecule is CC(=O)O[C@@H]([C]1C[C@@H](C)C2[C](O1)[C@H](O)[C@@]1(C)[C@@H]3CC[C@H]4C(C)(C)C(OC(=O)CN)CC[C@@]45CC35CC[C@]21C)C(C)(C)O. The summed E-state index contributed by atoms with van der Waals surface area (Å²) in [6, 6.07) is 0. The van der Waals surface area contributed by atoms with Gasteiger partial charge in [0.25, 0.3) is 0 Å². The van der Waals surface area contributed by atoms with Crippen LogP contribution in [0.1, 0.15) is 107 Å². The van der Waals surface area contributed by atoms with Gasteiger partial charge in [0, 0.05) is 23.7 Å². The molecule has 2 spiro atoms. The second kappa shape index (κ2) is 9.40. The molecule has 6 rings (SSSR count). The first-order valence-corrected chi connectivity index (χ1v) is 16.3. The van der Waals surface area contributed by atoms with Crippen LogP contribution >= 0.6 is 0 Å². The maximum atomic E-state index is 12.4. The number of rotatable bonds is 5. The van der Waals surface area contributed by atoms with E-state index in [4.69, 9.17) is 19.9 Å². The van der Waals surface area contributed by atoms with Crippen LogP contribution in [-0.4, -0.2) is 52.6 Å². The van der Waals surface area contributed by atoms with Crippen LogP contribution in [-0.2, 0) is 23.8 Å². The summed E-state index contributed by atoms with van der Waals surface area (Å²) in [5, 5.41) is 23.3. The van der Waals surface area contributed by atoms with Crippen molar-refractivity contribution in [3.8, 4) is 0 Å². The fourth-order valence-electron chi connectivity index (χ4n) is 12.2. The molecule has 8 nitrogen and oxygen atoms in total. The van der Waals surface area contributed by atoms with E-state index in [2.05, 4.69) is 34.6 Å². The number of ether oxygens (including phenoxy) is 3. The summed E-state index contributed by atoms with van der Waals surface area (Å²) in [5.74, 6) is 0.321. The summed E-state index contributed by atoms with van der Waals surface area (Å²) in [7, 11) is 0. The van der Waals surface area contributed by atoms with E-state index in [-0.39, 0.29) is 57.5 Å². The zero-order chi connectivity index (χ0) is 30.8. The summed E-state index contributed by atoms with van der Waals surface area (Å²) >= 11 is 0. The molecule has 42 heavy (non-hydrogen) atoms. The first-order chi connectivity index (χ1) is 19.4. The molecule has 1 heterocycles. The molecular weight excluding hydrogens is 534 g/mol. The van der Waals surface area contributed by atoms with E-state index in [1.165, 1.54) is 13.3 Å². The largest absolute Gasteiger partial charge is 0.461 e. The molecule has 0 bridgehead atoms. The van der Waals surface area contributed by atoms with Crippen LogP contribution in [0.25, 0.3) is 0 Å². The second-order valence-corrected chi connectivity index (χ2v) is 16.6. The molecule has 11 atom stereocenters. The Kier molecular flexibility index (Phi) is 6.89. The van der Waals surface area contributed by atoms with Crippen molar-refractivity contribution in [2.45, 2.75) is 131 Å². The highest BCUT2D eigenvalue weighted by Crippen LogP contribution is 2.89. The predicted octanol–water partition coefficient (Wildman–Crippen LogP) is 4.70. The minimum Gasteiger partial charge on any atom is -0.461 e. The Morgan fingerprint density at radius 3 is 2.33 bits per heavy atom. The molecule has 0 aromatic carbocycles. The highest BCUT2D eigenvalue weighted by Gasteiger charge is 2.85. The van der Waals surface area contributed by atoms with E-state index in [9.17, 15) is 19.8 Å². The van der Waals surface area contributed by atoms with Crippen molar-refractivity contribution in [3.05, 3.63) is 12.2 Å². The average molecular weight is 588 g/mol. The molecule has 1 aliphatic heterocycles. The fraction of sp³-hybridized carbons (Fsp3) is 0.882. The van der Waals surface area contributed by atoms with E-state index in [1.54, 1.807) is 13.8 Å². The van der Waals surface area contributed by atoms with E-state index in [1.807, 2.05) is 0 Å². The van der Waals surface area contributed by atoms with Crippen LogP contribution in [0.15, 0.2) is 0 Å². The van der Waals surface area contributed by atoms with Gasteiger partial charge in [-0.3, -0.25) is 9.59 Å². The summed E-state index contributed by atoms with van der Waals surface area (Å²) in [6.07, 6.45) is 7.49. The zero-order valence-electron chi connectivity index (χ0n) is 26.9. The molecular formula is C34H53NO7. The lowest BCUT2D eigenvalue weighted by Gasteiger charge is -2.63. The summed E-state index contributed by atoms with van der Waals surface area (Å²) in [6.45, 7) is 16.0. The number of aliphatic hydroxyl groups is 2. The molecule has 0 aromatic rings. The molecule has 3 unspecified atom stereocenters. The Morgan fingerprint density at radius 2 is 1.71 bits per heavy atom. The first-order valence-electron chi connectivity index (χ1n) is 16.3. The minimum atomic E-state index is -1.31. The van der Waals surface area contributed by atoms with Gasteiger partial charge in [0.05, 0.1) is 18.2 Å². The van der Waals surface area contributed by atoms with Crippen molar-refractivity contribution in [1.82, 2.24) is 0 Å². The van der Waals surface area contributed by atoms with Crippen LogP contribution in [0.5, 0.6) is 0 Å². The molecule has 5 saturated carbocycles. The normalized spacial score (nSPS) is 48.5. The molecule has 2 radical (unpaired) electrons. The number of hydrogen-bond acceptors (Lipinski definition) is 8. The molecule has 1 saturated heterocycles. The first kappa shape index (κ1) is 30.8. The number of nitrogens with two attached hydrogens (primary N) is 1. The third kappa shape index (κ3) is 3.79. The van der Waals surface area contributed by atoms with Crippen molar-refractivity contribution in [2.75, 3.05) is 6.54 Å². The molecule has 0 amide bonds. The van der Waals surface area contributed by atoms with E-state index >= 15 is 0 Å². The summed E-state index contributed by atoms with van der Waals surface area (Å²) in [5.41, 5.74) is 4.08. The Balaban J connectivity index is 1.31. The number of fused-ring (bicyclic) bond motifs is 4. The second-order valence-electron chi connectivity index (χ2n) is 16.6. The van der Waals surface area contributed by atoms with Crippen molar-refractivity contribution in [2.24, 2.45) is 56.5 Å². The quantitative estimate of drug-likeness (QED) is 0.395. The van der Waals surface area contributed by atoms with Crippen LogP contribution in [0, 0.1) is 63.0 Å². The predicted molar refractivity (Wildman–Crippen MR) is 156 cm³/mol. The number of esters is 2. The zero-order valence-corrected chi connectivity index (χ0v) is 26.9. The Bertz CT molecular complexity index is 1130. The topological polar surface area (TPSA) is 128 Å². The van der Waals surface area contributed by atoms with Gasteiger partial charge in [-0.1, -0.05) is 34.6 Å². The number of carbonyl (C=O) groups is 2. The van der Waals surface area contributed by atoms with Gasteiger partial charge < -0.3 is 30.2 Å². The molecule has 8 heteroatoms. The lowest BCUT2D eigenvalue weighted by atomic mass is 9.41. The van der Waals surface area contributed by atoms with Gasteiger partial charge in [-0.15, -0.1) is 0 Å². The standard InChI is InChI=1S/C34H53NO7/c1-18-15-20(28(30(5,6)39)40-19(2)36)41-26-25(18)31(7)13-14-34-17-33(34)12-11-23(42-24(37)16-35)29(3,4)21(33)9-10-22(34)32(31,8)27(26)38/h18,21-23,25,27-28,38-39H,9-17,35H2,1-8H3/t18-,21+,22+,23?,25?,27+,28+,31-,32-,33-,34?/m1/s1. The highest BCUT2D eigenvalue weighted by atomic mass is 16.6. The Morgan fingerprint density at radius 1 is 1.07 bits per heavy atom. The van der Waals surface area contributed by atoms with Gasteiger partial charge in [0.1, 0.15) is 18.3 Å². The lowest BCUT2D eigenvalue weighted by Crippen LogP contribution is -2.60. The van der Waals surface area contributed by atoms with Crippen molar-refractivity contribution < 1.29 is 34.0 Å². The van der Waals surface area contributed by atoms with E-state index in [0.717, 1.165) is 38.5 Å².